The number of aromatic nitrogens is 4. The number of tetrazole rings is 1. The van der Waals surface area contributed by atoms with E-state index in [2.05, 4.69) is 15.5 Å². The first-order chi connectivity index (χ1) is 13.0. The van der Waals surface area contributed by atoms with Crippen molar-refractivity contribution in [3.05, 3.63) is 77.1 Å². The predicted molar refractivity (Wildman–Crippen MR) is 98.2 cm³/mol. The molecule has 7 nitrogen and oxygen atoms in total. The smallest absolute Gasteiger partial charge is 0.331 e. The second-order valence-corrected chi connectivity index (χ2v) is 6.34. The molecule has 0 fully saturated rings. The summed E-state index contributed by atoms with van der Waals surface area (Å²) >= 11 is 0. The number of nitrogens with zero attached hydrogens (tertiary/aromatic N) is 4. The van der Waals surface area contributed by atoms with Crippen LogP contribution in [0, 0.1) is 13.8 Å². The fourth-order valence-corrected chi connectivity index (χ4v) is 2.78. The van der Waals surface area contributed by atoms with Crippen molar-refractivity contribution in [2.45, 2.75) is 26.3 Å². The maximum atomic E-state index is 12.6. The van der Waals surface area contributed by atoms with Crippen LogP contribution in [0.3, 0.4) is 0 Å². The molecule has 3 aromatic rings. The molecule has 0 aliphatic carbocycles. The Kier molecular flexibility index (Phi) is 5.71. The Labute approximate surface area is 157 Å². The summed E-state index contributed by atoms with van der Waals surface area (Å²) in [5.74, 6) is -0.787. The van der Waals surface area contributed by atoms with Crippen LogP contribution in [0.1, 0.15) is 33.1 Å². The number of esters is 1. The van der Waals surface area contributed by atoms with Crippen molar-refractivity contribution in [1.82, 2.24) is 20.2 Å². The Bertz CT molecular complexity index is 924. The number of ketones is 1. The lowest BCUT2D eigenvalue weighted by Gasteiger charge is -2.15. The van der Waals surface area contributed by atoms with E-state index in [0.29, 0.717) is 12.0 Å². The second kappa shape index (κ2) is 8.35. The van der Waals surface area contributed by atoms with Crippen LogP contribution in [0.4, 0.5) is 0 Å². The Morgan fingerprint density at radius 3 is 2.59 bits per heavy atom. The molecule has 2 aromatic carbocycles. The molecule has 138 valence electrons. The summed E-state index contributed by atoms with van der Waals surface area (Å²) < 4.78 is 6.65. The fraction of sp³-hybridized carbons (Fsp3) is 0.250. The van der Waals surface area contributed by atoms with Crippen LogP contribution >= 0.6 is 0 Å². The van der Waals surface area contributed by atoms with Crippen molar-refractivity contribution in [3.63, 3.8) is 0 Å². The number of benzene rings is 2. The molecule has 0 bridgehead atoms. The Morgan fingerprint density at radius 2 is 1.89 bits per heavy atom. The molecule has 7 heteroatoms. The zero-order chi connectivity index (χ0) is 19.2. The van der Waals surface area contributed by atoms with E-state index in [0.717, 1.165) is 16.7 Å². The average Bonchev–Trinajstić information content (AvgIpc) is 3.21. The van der Waals surface area contributed by atoms with Gasteiger partial charge in [-0.25, -0.2) is 9.48 Å². The van der Waals surface area contributed by atoms with Crippen molar-refractivity contribution in [2.24, 2.45) is 0 Å². The van der Waals surface area contributed by atoms with Gasteiger partial charge in [0.15, 0.2) is 12.6 Å². The minimum absolute atomic E-state index is 0.236. The number of carbonyl (C=O) groups is 2. The Morgan fingerprint density at radius 1 is 1.11 bits per heavy atom. The molecule has 1 atom stereocenters. The number of rotatable bonds is 7. The number of Topliss-reactive ketones (excluding diaryl/α,β-unsaturated/α-hetero) is 1. The lowest BCUT2D eigenvalue weighted by molar-refractivity contribution is -0.146. The molecule has 0 aliphatic rings. The van der Waals surface area contributed by atoms with E-state index in [-0.39, 0.29) is 12.4 Å². The number of carbonyl (C=O) groups excluding carboxylic acids is 2. The summed E-state index contributed by atoms with van der Waals surface area (Å²) in [6.45, 7) is 3.44. The first-order valence-electron chi connectivity index (χ1n) is 8.58. The minimum Gasteiger partial charge on any atom is -0.456 e. The fourth-order valence-electron chi connectivity index (χ4n) is 2.78. The highest BCUT2D eigenvalue weighted by atomic mass is 16.5. The maximum Gasteiger partial charge on any atom is 0.331 e. The third-order valence-electron chi connectivity index (χ3n) is 4.27. The van der Waals surface area contributed by atoms with Crippen LogP contribution in [-0.2, 0) is 16.0 Å². The van der Waals surface area contributed by atoms with Gasteiger partial charge in [-0.15, -0.1) is 5.10 Å². The van der Waals surface area contributed by atoms with Gasteiger partial charge in [-0.05, 0) is 41.5 Å². The molecule has 0 unspecified atom stereocenters. The van der Waals surface area contributed by atoms with E-state index >= 15 is 0 Å². The molecule has 0 amide bonds. The molecule has 0 N–H and O–H groups in total. The zero-order valence-corrected chi connectivity index (χ0v) is 15.2. The molecule has 0 saturated carbocycles. The van der Waals surface area contributed by atoms with Gasteiger partial charge in [-0.3, -0.25) is 4.79 Å². The second-order valence-electron chi connectivity index (χ2n) is 6.34. The van der Waals surface area contributed by atoms with Crippen molar-refractivity contribution in [2.75, 3.05) is 6.61 Å². The summed E-state index contributed by atoms with van der Waals surface area (Å²) in [5, 5.41) is 11.0. The van der Waals surface area contributed by atoms with Gasteiger partial charge in [0.1, 0.15) is 6.33 Å². The molecular formula is C20H20N4O3. The average molecular weight is 364 g/mol. The van der Waals surface area contributed by atoms with Gasteiger partial charge >= 0.3 is 5.97 Å². The van der Waals surface area contributed by atoms with Crippen LogP contribution in [-0.4, -0.2) is 38.6 Å². The number of aryl methyl sites for hydroxylation is 2. The lowest BCUT2D eigenvalue weighted by atomic mass is 10.0. The third-order valence-corrected chi connectivity index (χ3v) is 4.27. The summed E-state index contributed by atoms with van der Waals surface area (Å²) in [6.07, 6.45) is 1.73. The topological polar surface area (TPSA) is 87.0 Å². The van der Waals surface area contributed by atoms with Crippen LogP contribution in [0.5, 0.6) is 0 Å². The number of hydrogen-bond acceptors (Lipinski definition) is 6. The summed E-state index contributed by atoms with van der Waals surface area (Å²) in [4.78, 5) is 25.1. The molecule has 0 radical (unpaired) electrons. The van der Waals surface area contributed by atoms with Gasteiger partial charge < -0.3 is 4.74 Å². The summed E-state index contributed by atoms with van der Waals surface area (Å²) in [5.41, 5.74) is 3.33. The highest BCUT2D eigenvalue weighted by Crippen LogP contribution is 2.16. The van der Waals surface area contributed by atoms with Crippen LogP contribution in [0.15, 0.2) is 54.9 Å². The molecule has 3 rings (SSSR count). The Hall–Kier alpha value is -3.35. The monoisotopic (exact) mass is 364 g/mol. The summed E-state index contributed by atoms with van der Waals surface area (Å²) in [6, 6.07) is 14.4. The van der Waals surface area contributed by atoms with E-state index < -0.39 is 12.0 Å². The van der Waals surface area contributed by atoms with Gasteiger partial charge in [0.05, 0.1) is 0 Å². The first kappa shape index (κ1) is 18.4. The highest BCUT2D eigenvalue weighted by molar-refractivity contribution is 5.99. The van der Waals surface area contributed by atoms with Crippen molar-refractivity contribution in [3.8, 4) is 0 Å². The van der Waals surface area contributed by atoms with Crippen molar-refractivity contribution >= 4 is 11.8 Å². The van der Waals surface area contributed by atoms with Crippen molar-refractivity contribution in [1.29, 1.82) is 0 Å². The number of hydrogen-bond donors (Lipinski definition) is 0. The molecule has 0 aliphatic heterocycles. The van der Waals surface area contributed by atoms with Crippen LogP contribution in [0.2, 0.25) is 0 Å². The van der Waals surface area contributed by atoms with Crippen LogP contribution in [0.25, 0.3) is 0 Å². The molecule has 1 aromatic heterocycles. The van der Waals surface area contributed by atoms with E-state index in [4.69, 9.17) is 4.74 Å². The number of ether oxygens (including phenoxy) is 1. The van der Waals surface area contributed by atoms with Crippen molar-refractivity contribution < 1.29 is 14.3 Å². The largest absolute Gasteiger partial charge is 0.456 e. The molecule has 0 spiro atoms. The van der Waals surface area contributed by atoms with E-state index in [1.807, 2.05) is 56.3 Å². The SMILES string of the molecule is Cc1ccc(C)c(C(=O)COC(=O)[C@@H](Cc2ccccc2)n2cnnn2)c1. The molecule has 27 heavy (non-hydrogen) atoms. The molecular weight excluding hydrogens is 344 g/mol. The molecule has 0 saturated heterocycles. The van der Waals surface area contributed by atoms with Gasteiger partial charge in [0.2, 0.25) is 5.78 Å². The van der Waals surface area contributed by atoms with E-state index in [9.17, 15) is 9.59 Å². The lowest BCUT2D eigenvalue weighted by Crippen LogP contribution is -2.27. The van der Waals surface area contributed by atoms with E-state index in [1.165, 1.54) is 11.0 Å². The van der Waals surface area contributed by atoms with Gasteiger partial charge in [-0.2, -0.15) is 0 Å². The zero-order valence-electron chi connectivity index (χ0n) is 15.2. The normalized spacial score (nSPS) is 11.8. The standard InChI is InChI=1S/C20H20N4O3/c1-14-8-9-15(2)17(10-14)19(25)12-27-20(26)18(24-13-21-22-23-24)11-16-6-4-3-5-7-16/h3-10,13,18H,11-12H2,1-2H3/t18-/m1/s1. The predicted octanol–water partition coefficient (Wildman–Crippen LogP) is 2.50. The summed E-state index contributed by atoms with van der Waals surface area (Å²) in [7, 11) is 0. The maximum absolute atomic E-state index is 12.6. The van der Waals surface area contributed by atoms with E-state index in [1.54, 1.807) is 6.07 Å². The third kappa shape index (κ3) is 4.63. The highest BCUT2D eigenvalue weighted by Gasteiger charge is 2.25. The Balaban J connectivity index is 1.71. The van der Waals surface area contributed by atoms with Gasteiger partial charge in [0.25, 0.3) is 0 Å². The van der Waals surface area contributed by atoms with Gasteiger partial charge in [0, 0.05) is 12.0 Å². The quantitative estimate of drug-likeness (QED) is 0.473. The molecule has 1 heterocycles. The minimum atomic E-state index is -0.742. The first-order valence-corrected chi connectivity index (χ1v) is 8.58. The van der Waals surface area contributed by atoms with Crippen LogP contribution < -0.4 is 0 Å². The van der Waals surface area contributed by atoms with Gasteiger partial charge in [-0.1, -0.05) is 48.0 Å².